The zero-order valence-corrected chi connectivity index (χ0v) is 7.23. The molecule has 4 heteroatoms. The van der Waals surface area contributed by atoms with Crippen LogP contribution in [0.3, 0.4) is 0 Å². The fourth-order valence-electron chi connectivity index (χ4n) is 1.81. The summed E-state index contributed by atoms with van der Waals surface area (Å²) in [4.78, 5) is 0. The molecular formula is C9H11BO3. The van der Waals surface area contributed by atoms with Crippen molar-refractivity contribution in [2.24, 2.45) is 0 Å². The number of hydrogen-bond acceptors (Lipinski definition) is 3. The van der Waals surface area contributed by atoms with Gasteiger partial charge in [0, 0.05) is 0 Å². The van der Waals surface area contributed by atoms with Gasteiger partial charge < -0.3 is 14.7 Å². The molecule has 0 radical (unpaired) electrons. The topological polar surface area (TPSA) is 49.7 Å². The summed E-state index contributed by atoms with van der Waals surface area (Å²) >= 11 is 0. The minimum atomic E-state index is -1.72. The van der Waals surface area contributed by atoms with Crippen LogP contribution < -0.4 is 4.65 Å². The zero-order valence-electron chi connectivity index (χ0n) is 7.23. The van der Waals surface area contributed by atoms with Crippen LogP contribution >= 0.6 is 0 Å². The number of aryl methyl sites for hydroxylation is 1. The molecule has 0 unspecified atom stereocenters. The van der Waals surface area contributed by atoms with E-state index in [1.807, 2.05) is 6.07 Å². The van der Waals surface area contributed by atoms with E-state index in [2.05, 4.69) is 6.07 Å². The highest BCUT2D eigenvalue weighted by Gasteiger charge is 2.19. The first-order chi connectivity index (χ1) is 6.27. The summed E-state index contributed by atoms with van der Waals surface area (Å²) in [6, 6.07) is 5.70. The predicted octanol–water partition coefficient (Wildman–Crippen LogP) is 0.524. The van der Waals surface area contributed by atoms with E-state index in [0.717, 1.165) is 24.8 Å². The Bertz CT molecular complexity index is 312. The fraction of sp³-hybridized carbons (Fsp3) is 0.333. The molecule has 1 aromatic rings. The predicted molar refractivity (Wildman–Crippen MR) is 49.3 cm³/mol. The van der Waals surface area contributed by atoms with Gasteiger partial charge in [0.25, 0.3) is 0 Å². The highest BCUT2D eigenvalue weighted by atomic mass is 16.6. The second-order valence-electron chi connectivity index (χ2n) is 3.19. The molecule has 0 atom stereocenters. The van der Waals surface area contributed by atoms with Crippen molar-refractivity contribution < 1.29 is 14.7 Å². The van der Waals surface area contributed by atoms with E-state index < -0.39 is 7.32 Å². The van der Waals surface area contributed by atoms with Crippen LogP contribution in [0.4, 0.5) is 0 Å². The first-order valence-electron chi connectivity index (χ1n) is 4.41. The molecule has 2 rings (SSSR count). The average molecular weight is 178 g/mol. The third-order valence-electron chi connectivity index (χ3n) is 2.34. The normalized spacial score (nSPS) is 14.0. The highest BCUT2D eigenvalue weighted by Crippen LogP contribution is 2.30. The molecule has 0 aliphatic heterocycles. The van der Waals surface area contributed by atoms with Gasteiger partial charge in [-0.05, 0) is 36.5 Å². The molecule has 0 spiro atoms. The lowest BCUT2D eigenvalue weighted by Crippen LogP contribution is -2.21. The molecule has 0 bridgehead atoms. The Kier molecular flexibility index (Phi) is 2.25. The maximum absolute atomic E-state index is 8.67. The van der Waals surface area contributed by atoms with Gasteiger partial charge in [0.05, 0.1) is 0 Å². The van der Waals surface area contributed by atoms with Gasteiger partial charge in [0.15, 0.2) is 0 Å². The van der Waals surface area contributed by atoms with Crippen LogP contribution in [0.5, 0.6) is 5.75 Å². The maximum atomic E-state index is 8.67. The fourth-order valence-corrected chi connectivity index (χ4v) is 1.81. The third kappa shape index (κ3) is 1.69. The van der Waals surface area contributed by atoms with E-state index in [-0.39, 0.29) is 0 Å². The van der Waals surface area contributed by atoms with Crippen molar-refractivity contribution in [3.63, 3.8) is 0 Å². The van der Waals surface area contributed by atoms with Gasteiger partial charge in [-0.3, -0.25) is 0 Å². The lowest BCUT2D eigenvalue weighted by molar-refractivity contribution is 0.287. The molecule has 1 aromatic carbocycles. The van der Waals surface area contributed by atoms with Crippen LogP contribution in [-0.2, 0) is 12.8 Å². The minimum Gasteiger partial charge on any atom is -0.512 e. The van der Waals surface area contributed by atoms with E-state index in [0.29, 0.717) is 5.75 Å². The largest absolute Gasteiger partial charge is 0.707 e. The average Bonchev–Trinajstić information content (AvgIpc) is 2.51. The first-order valence-corrected chi connectivity index (χ1v) is 4.41. The molecule has 2 N–H and O–H groups in total. The minimum absolute atomic E-state index is 0.602. The Morgan fingerprint density at radius 1 is 1.23 bits per heavy atom. The highest BCUT2D eigenvalue weighted by molar-refractivity contribution is 6.33. The summed E-state index contributed by atoms with van der Waals surface area (Å²) in [6.07, 6.45) is 3.16. The van der Waals surface area contributed by atoms with Crippen molar-refractivity contribution in [2.75, 3.05) is 0 Å². The van der Waals surface area contributed by atoms with Crippen LogP contribution in [0.1, 0.15) is 17.5 Å². The summed E-state index contributed by atoms with van der Waals surface area (Å²) in [5, 5.41) is 17.3. The van der Waals surface area contributed by atoms with Crippen molar-refractivity contribution in [1.82, 2.24) is 0 Å². The summed E-state index contributed by atoms with van der Waals surface area (Å²) in [5.41, 5.74) is 2.38. The Hall–Kier alpha value is -0.995. The summed E-state index contributed by atoms with van der Waals surface area (Å²) in [6.45, 7) is 0. The zero-order chi connectivity index (χ0) is 9.26. The molecule has 3 nitrogen and oxygen atoms in total. The van der Waals surface area contributed by atoms with Gasteiger partial charge in [-0.25, -0.2) is 0 Å². The van der Waals surface area contributed by atoms with Gasteiger partial charge in [0.2, 0.25) is 0 Å². The van der Waals surface area contributed by atoms with Crippen molar-refractivity contribution >= 4 is 7.32 Å². The number of fused-ring (bicyclic) bond motifs is 1. The van der Waals surface area contributed by atoms with Crippen LogP contribution in [0.25, 0.3) is 0 Å². The van der Waals surface area contributed by atoms with E-state index in [1.165, 1.54) is 5.56 Å². The van der Waals surface area contributed by atoms with E-state index in [1.54, 1.807) is 6.07 Å². The van der Waals surface area contributed by atoms with Crippen LogP contribution in [0.15, 0.2) is 18.2 Å². The smallest absolute Gasteiger partial charge is 0.512 e. The van der Waals surface area contributed by atoms with E-state index >= 15 is 0 Å². The molecule has 1 aliphatic rings. The van der Waals surface area contributed by atoms with Crippen molar-refractivity contribution in [1.29, 1.82) is 0 Å². The summed E-state index contributed by atoms with van der Waals surface area (Å²) < 4.78 is 4.87. The van der Waals surface area contributed by atoms with Gasteiger partial charge in [-0.1, -0.05) is 12.1 Å². The SMILES string of the molecule is OB(O)Oc1cccc2c1CCC2. The lowest BCUT2D eigenvalue weighted by atomic mass is 10.1. The van der Waals surface area contributed by atoms with Crippen LogP contribution in [0, 0.1) is 0 Å². The molecule has 0 amide bonds. The Labute approximate surface area is 77.1 Å². The second-order valence-corrected chi connectivity index (χ2v) is 3.19. The van der Waals surface area contributed by atoms with E-state index in [9.17, 15) is 0 Å². The molecule has 0 aromatic heterocycles. The van der Waals surface area contributed by atoms with Crippen LogP contribution in [-0.4, -0.2) is 17.4 Å². The van der Waals surface area contributed by atoms with Gasteiger partial charge in [-0.15, -0.1) is 0 Å². The summed E-state index contributed by atoms with van der Waals surface area (Å²) in [5.74, 6) is 0.602. The summed E-state index contributed by atoms with van der Waals surface area (Å²) in [7, 11) is -1.72. The second kappa shape index (κ2) is 3.40. The quantitative estimate of drug-likeness (QED) is 0.649. The standard InChI is InChI=1S/C9H11BO3/c11-10(12)13-9-6-2-4-7-3-1-5-8(7)9/h2,4,6,11-12H,1,3,5H2. The van der Waals surface area contributed by atoms with Gasteiger partial charge in [0.1, 0.15) is 5.75 Å². The Morgan fingerprint density at radius 2 is 2.08 bits per heavy atom. The monoisotopic (exact) mass is 178 g/mol. The van der Waals surface area contributed by atoms with Gasteiger partial charge in [-0.2, -0.15) is 0 Å². The molecule has 0 heterocycles. The van der Waals surface area contributed by atoms with Crippen LogP contribution in [0.2, 0.25) is 0 Å². The number of hydrogen-bond donors (Lipinski definition) is 2. The Balaban J connectivity index is 2.30. The van der Waals surface area contributed by atoms with Crippen molar-refractivity contribution in [3.05, 3.63) is 29.3 Å². The van der Waals surface area contributed by atoms with Crippen molar-refractivity contribution in [2.45, 2.75) is 19.3 Å². The molecule has 0 saturated heterocycles. The number of rotatable bonds is 2. The molecule has 0 fully saturated rings. The molecule has 1 aliphatic carbocycles. The Morgan fingerprint density at radius 3 is 2.85 bits per heavy atom. The molecule has 0 saturated carbocycles. The molecular weight excluding hydrogens is 167 g/mol. The van der Waals surface area contributed by atoms with Gasteiger partial charge >= 0.3 is 7.32 Å². The van der Waals surface area contributed by atoms with Crippen molar-refractivity contribution in [3.8, 4) is 5.75 Å². The first kappa shape index (κ1) is 8.60. The third-order valence-corrected chi connectivity index (χ3v) is 2.34. The number of benzene rings is 1. The lowest BCUT2D eigenvalue weighted by Gasteiger charge is -2.09. The molecule has 68 valence electrons. The maximum Gasteiger partial charge on any atom is 0.707 e. The molecule has 13 heavy (non-hydrogen) atoms. The van der Waals surface area contributed by atoms with E-state index in [4.69, 9.17) is 14.7 Å².